The van der Waals surface area contributed by atoms with E-state index in [2.05, 4.69) is 117 Å². The summed E-state index contributed by atoms with van der Waals surface area (Å²) in [5, 5.41) is 69.9. The number of aryl methyl sites for hydroxylation is 3. The fraction of sp³-hybridized carbons (Fsp3) is 0.400. The van der Waals surface area contributed by atoms with Crippen LogP contribution in [0.1, 0.15) is 161 Å². The van der Waals surface area contributed by atoms with Gasteiger partial charge in [-0.3, -0.25) is 26.9 Å². The van der Waals surface area contributed by atoms with Gasteiger partial charge in [0.15, 0.2) is 0 Å². The maximum atomic E-state index is 13.6. The third kappa shape index (κ3) is 20.9. The summed E-state index contributed by atoms with van der Waals surface area (Å²) in [4.78, 5) is 69.2. The minimum atomic E-state index is -4.20. The zero-order valence-electron chi connectivity index (χ0n) is 61.8. The number of hydrogen-bond acceptors (Lipinski definition) is 31. The third-order valence-corrected chi connectivity index (χ3v) is 26.6. The van der Waals surface area contributed by atoms with Crippen molar-refractivity contribution >= 4 is 139 Å². The number of halogens is 3. The van der Waals surface area contributed by atoms with Crippen molar-refractivity contribution in [3.63, 3.8) is 0 Å². The molecule has 0 amide bonds. The van der Waals surface area contributed by atoms with E-state index < -0.39 is 85.7 Å². The normalized spacial score (nSPS) is 23.8. The Bertz CT molecular complexity index is 5260. The van der Waals surface area contributed by atoms with Crippen LogP contribution in [0.3, 0.4) is 0 Å². The van der Waals surface area contributed by atoms with Crippen LogP contribution in [0.15, 0.2) is 115 Å². The lowest BCUT2D eigenvalue weighted by molar-refractivity contribution is 0.00778. The van der Waals surface area contributed by atoms with Gasteiger partial charge >= 0.3 is 30.9 Å². The molecule has 0 radical (unpaired) electrons. The SMILES string of the molecule is Cc1ccc2c(c1)C(c1cc(C(=O)c3cncnc3N[C@@H]3C[C@H](COS(N)(=O)=O)[C@@H](O)C3)sc1C)OCC2.Cc1sc(C(=O)c2cncnc2N[C@@H]2C[C@H](COS(N)(=O)=O)[C@@H](O)C2)cc1C1OCCc2ccc(Cl)cc21.NS(=O)(=O)OC[C@H]1C[C@@H](Nc2ncncc2C(=O)c2cc(C3NCCc4ccc(Br)cc43)c(Cl)s2)[C@H](O)[C@@H]1O. The molecule has 9 heterocycles. The highest BCUT2D eigenvalue weighted by Crippen LogP contribution is 2.44. The molecule has 15 rings (SSSR count). The van der Waals surface area contributed by atoms with Gasteiger partial charge in [-0.15, -0.1) is 34.0 Å². The summed E-state index contributed by atoms with van der Waals surface area (Å²) in [7, 11) is -12.4. The highest BCUT2D eigenvalue weighted by atomic mass is 79.9. The Kier molecular flexibility index (Phi) is 27.2. The van der Waals surface area contributed by atoms with Crippen molar-refractivity contribution in [3.8, 4) is 0 Å². The van der Waals surface area contributed by atoms with E-state index in [1.807, 2.05) is 50.2 Å². The highest BCUT2D eigenvalue weighted by Gasteiger charge is 2.44. The van der Waals surface area contributed by atoms with Crippen molar-refractivity contribution in [2.75, 3.05) is 55.5 Å². The lowest BCUT2D eigenvalue weighted by Gasteiger charge is -2.27. The smallest absolute Gasteiger partial charge is 0.333 e. The average molecular weight is 1800 g/mol. The lowest BCUT2D eigenvalue weighted by atomic mass is 9.91. The van der Waals surface area contributed by atoms with Crippen LogP contribution in [0.4, 0.5) is 17.5 Å². The molecule has 3 saturated carbocycles. The van der Waals surface area contributed by atoms with Crippen molar-refractivity contribution < 1.29 is 82.1 Å². The number of nitrogens with two attached hydrogens (primary N) is 3. The van der Waals surface area contributed by atoms with Gasteiger partial charge in [-0.05, 0) is 159 Å². The predicted molar refractivity (Wildman–Crippen MR) is 434 cm³/mol. The standard InChI is InChI=1S/C26H30N4O6S2.C25H27ClN4O6S2.C24H25BrClN5O6S2/c1-14-3-4-16-5-6-35-25(20(16)7-14)19-10-23(37-15(19)2)24(32)21-11-28-13-29-26(21)30-18-8-17(22(31)9-18)12-36-38(27,33)34;1-13-18(24-19-7-16(26)3-2-14(19)4-5-35-24)9-22(37-13)23(32)20-10-28-12-29-25(20)30-17-6-15(21(31)8-17)11-36-38(27,33)34;25-13-2-1-11-3-4-29-19(14(11)6-13)15-7-18(38-23(15)26)21(33)16-8-28-10-30-24(16)31-17-5-12(20(32)22(17)34)9-37-39(27,35)36/h3-4,7,10-11,13,17-18,22,25,31H,5-6,8-9,12H2,1-2H3,(H2,27,33,34)(H,28,29,30);2-3,7,9-10,12,15,17,21,24,31H,4-6,8,11H2,1H3,(H2,27,33,34)(H,28,29,30);1-2,6-8,10,12,17,19-20,22,29,32,34H,3-5,9H2,(H2,27,35,36)(H,28,30,31)/t17-,18-,22+,25?;15-,17-,21+,24?;12-,17-,19?,20-,22+/m111/s1. The van der Waals surface area contributed by atoms with Gasteiger partial charge in [0.05, 0.1) is 99.1 Å². The first-order valence-corrected chi connectivity index (χ1v) is 44.8. The number of anilines is 3. The molecule has 14 N–H and O–H groups in total. The lowest BCUT2D eigenvalue weighted by Crippen LogP contribution is -2.36. The van der Waals surface area contributed by atoms with Gasteiger partial charge in [0.2, 0.25) is 17.3 Å². The summed E-state index contributed by atoms with van der Waals surface area (Å²) in [5.74, 6) is -1.49. The number of nitrogens with zero attached hydrogens (tertiary/aromatic N) is 6. The molecule has 3 fully saturated rings. The molecule has 115 heavy (non-hydrogen) atoms. The van der Waals surface area contributed by atoms with Crippen molar-refractivity contribution in [2.45, 2.75) is 133 Å². The van der Waals surface area contributed by atoms with E-state index in [0.717, 1.165) is 90.3 Å². The van der Waals surface area contributed by atoms with Gasteiger partial charge in [-0.2, -0.15) is 25.3 Å². The molecule has 3 unspecified atom stereocenters. The first-order chi connectivity index (χ1) is 54.7. The summed E-state index contributed by atoms with van der Waals surface area (Å²) < 4.78 is 94.4. The van der Waals surface area contributed by atoms with E-state index >= 15 is 0 Å². The number of rotatable bonds is 24. The van der Waals surface area contributed by atoms with E-state index in [0.29, 0.717) is 85.7 Å². The molecule has 0 spiro atoms. The number of aliphatic hydroxyl groups is 4. The Morgan fingerprint density at radius 1 is 0.530 bits per heavy atom. The molecule has 3 aromatic carbocycles. The first-order valence-electron chi connectivity index (χ1n) is 36.4. The van der Waals surface area contributed by atoms with Gasteiger partial charge < -0.3 is 51.2 Å². The molecule has 6 aromatic heterocycles. The summed E-state index contributed by atoms with van der Waals surface area (Å²) in [5.41, 5.74) is 11.5. The van der Waals surface area contributed by atoms with Crippen molar-refractivity contribution in [1.29, 1.82) is 0 Å². The number of ketones is 3. The number of ether oxygens (including phenoxy) is 2. The van der Waals surface area contributed by atoms with E-state index in [-0.39, 0.29) is 78.7 Å². The van der Waals surface area contributed by atoms with Crippen LogP contribution in [0, 0.1) is 38.5 Å². The Morgan fingerprint density at radius 2 is 0.974 bits per heavy atom. The number of fused-ring (bicyclic) bond motifs is 3. The molecule has 31 nitrogen and oxygen atoms in total. The monoisotopic (exact) mass is 1790 g/mol. The van der Waals surface area contributed by atoms with Gasteiger partial charge in [0.25, 0.3) is 0 Å². The van der Waals surface area contributed by atoms with Crippen LogP contribution in [0.2, 0.25) is 9.36 Å². The van der Waals surface area contributed by atoms with Crippen molar-refractivity contribution in [1.82, 2.24) is 35.2 Å². The number of nitrogens with one attached hydrogen (secondary N) is 4. The molecular formula is C75H82BrCl2N13O18S6. The minimum Gasteiger partial charge on any atom is -0.393 e. The maximum absolute atomic E-state index is 13.6. The fourth-order valence-electron chi connectivity index (χ4n) is 15.3. The Labute approximate surface area is 693 Å². The molecule has 3 aliphatic heterocycles. The van der Waals surface area contributed by atoms with E-state index in [9.17, 15) is 60.1 Å². The number of aromatic nitrogens is 6. The number of carbonyl (C=O) groups is 3. The van der Waals surface area contributed by atoms with Crippen LogP contribution in [-0.2, 0) is 72.2 Å². The number of hydrogen-bond donors (Lipinski definition) is 11. The van der Waals surface area contributed by atoms with E-state index in [1.54, 1.807) is 6.07 Å². The number of carbonyl (C=O) groups excluding carboxylic acids is 3. The van der Waals surface area contributed by atoms with Crippen LogP contribution < -0.4 is 36.7 Å². The molecular weight excluding hydrogens is 1710 g/mol. The molecule has 13 atom stereocenters. The molecule has 9 aromatic rings. The van der Waals surface area contributed by atoms with Gasteiger partial charge in [0.1, 0.15) is 54.7 Å². The van der Waals surface area contributed by atoms with Crippen LogP contribution in [0.25, 0.3) is 0 Å². The Balaban J connectivity index is 0.000000150. The first kappa shape index (κ1) is 85.7. The van der Waals surface area contributed by atoms with Gasteiger partial charge in [0, 0.05) is 79.8 Å². The minimum absolute atomic E-state index is 0.146. The molecule has 0 bridgehead atoms. The Hall–Kier alpha value is -7.20. The van der Waals surface area contributed by atoms with Crippen LogP contribution in [-0.4, -0.2) is 175 Å². The molecule has 3 aliphatic carbocycles. The quantitative estimate of drug-likeness (QED) is 0.0254. The zero-order valence-corrected chi connectivity index (χ0v) is 69.8. The molecule has 612 valence electrons. The maximum Gasteiger partial charge on any atom is 0.333 e. The van der Waals surface area contributed by atoms with Crippen molar-refractivity contribution in [2.24, 2.45) is 33.2 Å². The van der Waals surface area contributed by atoms with Crippen molar-refractivity contribution in [3.05, 3.63) is 221 Å². The largest absolute Gasteiger partial charge is 0.393 e. The van der Waals surface area contributed by atoms with Crippen LogP contribution in [0.5, 0.6) is 0 Å². The number of benzene rings is 3. The summed E-state index contributed by atoms with van der Waals surface area (Å²) in [6.07, 6.45) is 7.85. The predicted octanol–water partition coefficient (Wildman–Crippen LogP) is 8.15. The highest BCUT2D eigenvalue weighted by molar-refractivity contribution is 9.10. The molecule has 0 saturated heterocycles. The molecule has 40 heteroatoms. The zero-order chi connectivity index (χ0) is 81.9. The van der Waals surface area contributed by atoms with E-state index in [1.165, 1.54) is 76.9 Å². The number of aliphatic hydroxyl groups excluding tert-OH is 4. The third-order valence-electron chi connectivity index (χ3n) is 21.0. The summed E-state index contributed by atoms with van der Waals surface area (Å²) >= 11 is 20.4. The van der Waals surface area contributed by atoms with E-state index in [4.69, 9.17) is 48.1 Å². The fourth-order valence-corrected chi connectivity index (χ4v) is 20.2. The average Bonchev–Trinajstić information content (AvgIpc) is 1.77. The topological polar surface area (TPSA) is 484 Å². The Morgan fingerprint density at radius 3 is 1.48 bits per heavy atom. The second kappa shape index (κ2) is 36.6. The second-order valence-electron chi connectivity index (χ2n) is 28.8. The van der Waals surface area contributed by atoms with Gasteiger partial charge in [-0.25, -0.2) is 45.3 Å². The second-order valence-corrected chi connectivity index (χ2v) is 38.0. The molecule has 6 aliphatic rings. The number of thiophene rings is 3. The summed E-state index contributed by atoms with van der Waals surface area (Å²) in [6.45, 7) is 7.16. The summed E-state index contributed by atoms with van der Waals surface area (Å²) in [6, 6.07) is 22.5. The van der Waals surface area contributed by atoms with Crippen LogP contribution >= 0.6 is 73.1 Å². The van der Waals surface area contributed by atoms with Gasteiger partial charge in [-0.1, -0.05) is 75.0 Å².